The number of para-hydroxylation sites is 1. The molecule has 0 radical (unpaired) electrons. The van der Waals surface area contributed by atoms with Crippen molar-refractivity contribution in [2.75, 3.05) is 18.4 Å². The van der Waals surface area contributed by atoms with E-state index in [1.54, 1.807) is 19.1 Å². The molecule has 184 valence electrons. The smallest absolute Gasteiger partial charge is 0.248 e. The summed E-state index contributed by atoms with van der Waals surface area (Å²) < 4.78 is 47.8. The van der Waals surface area contributed by atoms with Crippen molar-refractivity contribution in [2.45, 2.75) is 38.5 Å². The molecule has 1 aliphatic heterocycles. The third kappa shape index (κ3) is 5.36. The number of sulfonamides is 1. The number of anilines is 1. The topological polar surface area (TPSA) is 92.5 Å². The molecule has 4 rings (SSSR count). The third-order valence-corrected chi connectivity index (χ3v) is 8.19. The lowest BCUT2D eigenvalue weighted by Gasteiger charge is -2.31. The van der Waals surface area contributed by atoms with E-state index in [2.05, 4.69) is 10.5 Å². The van der Waals surface area contributed by atoms with Gasteiger partial charge in [-0.3, -0.25) is 4.79 Å². The van der Waals surface area contributed by atoms with Gasteiger partial charge in [-0.15, -0.1) is 0 Å². The summed E-state index contributed by atoms with van der Waals surface area (Å²) in [7, 11) is -3.98. The lowest BCUT2D eigenvalue weighted by Crippen LogP contribution is -2.44. The van der Waals surface area contributed by atoms with Gasteiger partial charge in [-0.05, 0) is 62.9 Å². The Balaban J connectivity index is 1.56. The number of nitrogens with zero attached hydrogens (tertiary/aromatic N) is 2. The van der Waals surface area contributed by atoms with Crippen molar-refractivity contribution in [1.82, 2.24) is 9.46 Å². The standard InChI is InChI=1S/C26H28FN3O4S/c1-17-10-11-18(2)20(15-17)12-13-24-25(19(3)29-34-24)35(32,33)30-14-6-7-21(16-30)26(31)28-23-9-5-4-8-22(23)27/h4-5,8-13,15,21H,6-7,14,16H2,1-3H3,(H,28,31). The molecule has 1 amide bonds. The molecule has 9 heteroatoms. The molecule has 2 heterocycles. The first-order valence-electron chi connectivity index (χ1n) is 11.4. The van der Waals surface area contributed by atoms with Gasteiger partial charge in [0.25, 0.3) is 0 Å². The van der Waals surface area contributed by atoms with E-state index in [9.17, 15) is 17.6 Å². The molecule has 1 aromatic heterocycles. The highest BCUT2D eigenvalue weighted by Crippen LogP contribution is 2.30. The molecule has 35 heavy (non-hydrogen) atoms. The predicted molar refractivity (Wildman–Crippen MR) is 133 cm³/mol. The minimum absolute atomic E-state index is 0.00535. The zero-order valence-electron chi connectivity index (χ0n) is 19.9. The molecule has 0 spiro atoms. The van der Waals surface area contributed by atoms with Gasteiger partial charge in [0.2, 0.25) is 15.9 Å². The number of benzene rings is 2. The quantitative estimate of drug-likeness (QED) is 0.520. The maximum atomic E-state index is 14.0. The lowest BCUT2D eigenvalue weighted by atomic mass is 9.98. The number of rotatable bonds is 6. The zero-order valence-corrected chi connectivity index (χ0v) is 20.7. The number of nitrogens with one attached hydrogen (secondary N) is 1. The number of carbonyl (C=O) groups excluding carboxylic acids is 1. The van der Waals surface area contributed by atoms with E-state index in [0.717, 1.165) is 16.7 Å². The fourth-order valence-electron chi connectivity index (χ4n) is 4.20. The van der Waals surface area contributed by atoms with Crippen molar-refractivity contribution in [3.8, 4) is 0 Å². The molecular weight excluding hydrogens is 469 g/mol. The summed E-state index contributed by atoms with van der Waals surface area (Å²) in [6.07, 6.45) is 4.43. The molecule has 1 saturated heterocycles. The highest BCUT2D eigenvalue weighted by Gasteiger charge is 2.37. The molecule has 2 aromatic carbocycles. The SMILES string of the molecule is Cc1ccc(C)c(C=Cc2onc(C)c2S(=O)(=O)N2CCCC(C(=O)Nc3ccccc3F)C2)c1. The van der Waals surface area contributed by atoms with Crippen LogP contribution < -0.4 is 5.32 Å². The first-order chi connectivity index (χ1) is 16.7. The molecule has 0 bridgehead atoms. The monoisotopic (exact) mass is 497 g/mol. The Morgan fingerprint density at radius 2 is 1.94 bits per heavy atom. The molecular formula is C26H28FN3O4S. The van der Waals surface area contributed by atoms with Gasteiger partial charge in [-0.1, -0.05) is 47.1 Å². The average Bonchev–Trinajstić information content (AvgIpc) is 3.22. The van der Waals surface area contributed by atoms with Crippen molar-refractivity contribution < 1.29 is 22.1 Å². The molecule has 1 aliphatic rings. The van der Waals surface area contributed by atoms with Crippen molar-refractivity contribution in [3.63, 3.8) is 0 Å². The molecule has 1 fully saturated rings. The molecule has 3 aromatic rings. The molecule has 1 atom stereocenters. The van der Waals surface area contributed by atoms with Gasteiger partial charge in [-0.2, -0.15) is 4.31 Å². The van der Waals surface area contributed by atoms with E-state index < -0.39 is 27.7 Å². The Kier molecular flexibility index (Phi) is 7.18. The van der Waals surface area contributed by atoms with E-state index in [1.807, 2.05) is 38.1 Å². The highest BCUT2D eigenvalue weighted by atomic mass is 32.2. The third-order valence-electron chi connectivity index (χ3n) is 6.17. The number of halogens is 1. The molecule has 0 aliphatic carbocycles. The van der Waals surface area contributed by atoms with E-state index in [0.29, 0.717) is 12.8 Å². The Bertz CT molecular complexity index is 1380. The second-order valence-corrected chi connectivity index (χ2v) is 10.7. The van der Waals surface area contributed by atoms with Gasteiger partial charge >= 0.3 is 0 Å². The van der Waals surface area contributed by atoms with Crippen LogP contribution in [0.5, 0.6) is 0 Å². The van der Waals surface area contributed by atoms with Crippen LogP contribution in [0.3, 0.4) is 0 Å². The predicted octanol–water partition coefficient (Wildman–Crippen LogP) is 4.95. The second kappa shape index (κ2) is 10.1. The van der Waals surface area contributed by atoms with Crippen LogP contribution in [-0.4, -0.2) is 36.9 Å². The Morgan fingerprint density at radius 3 is 2.71 bits per heavy atom. The van der Waals surface area contributed by atoms with Crippen LogP contribution in [0.4, 0.5) is 10.1 Å². The summed E-state index contributed by atoms with van der Waals surface area (Å²) in [5.41, 5.74) is 3.41. The summed E-state index contributed by atoms with van der Waals surface area (Å²) in [6, 6.07) is 11.9. The van der Waals surface area contributed by atoms with Gasteiger partial charge < -0.3 is 9.84 Å². The zero-order chi connectivity index (χ0) is 25.2. The van der Waals surface area contributed by atoms with E-state index >= 15 is 0 Å². The van der Waals surface area contributed by atoms with Crippen molar-refractivity contribution >= 4 is 33.8 Å². The molecule has 7 nitrogen and oxygen atoms in total. The highest BCUT2D eigenvalue weighted by molar-refractivity contribution is 7.89. The van der Waals surface area contributed by atoms with Crippen LogP contribution in [0.1, 0.15) is 41.0 Å². The number of aryl methyl sites for hydroxylation is 3. The second-order valence-electron chi connectivity index (χ2n) is 8.83. The van der Waals surface area contributed by atoms with Crippen LogP contribution in [0.15, 0.2) is 51.9 Å². The Morgan fingerprint density at radius 1 is 1.17 bits per heavy atom. The van der Waals surface area contributed by atoms with Crippen LogP contribution in [0.2, 0.25) is 0 Å². The molecule has 1 N–H and O–H groups in total. The van der Waals surface area contributed by atoms with Gasteiger partial charge in [-0.25, -0.2) is 12.8 Å². The summed E-state index contributed by atoms with van der Waals surface area (Å²) in [6.45, 7) is 5.81. The number of hydrogen-bond acceptors (Lipinski definition) is 5. The van der Waals surface area contributed by atoms with Gasteiger partial charge in [0.1, 0.15) is 11.5 Å². The maximum Gasteiger partial charge on any atom is 0.248 e. The average molecular weight is 498 g/mol. The summed E-state index contributed by atoms with van der Waals surface area (Å²) in [4.78, 5) is 12.8. The summed E-state index contributed by atoms with van der Waals surface area (Å²) in [5.74, 6) is -1.41. The fraction of sp³-hybridized carbons (Fsp3) is 0.308. The first-order valence-corrected chi connectivity index (χ1v) is 12.9. The minimum Gasteiger partial charge on any atom is -0.355 e. The summed E-state index contributed by atoms with van der Waals surface area (Å²) in [5, 5.41) is 6.48. The number of aromatic nitrogens is 1. The van der Waals surface area contributed by atoms with E-state index in [-0.39, 0.29) is 35.1 Å². The first kappa shape index (κ1) is 24.8. The molecule has 0 saturated carbocycles. The molecule has 1 unspecified atom stereocenters. The van der Waals surface area contributed by atoms with Gasteiger partial charge in [0.15, 0.2) is 10.7 Å². The summed E-state index contributed by atoms with van der Waals surface area (Å²) >= 11 is 0. The number of hydrogen-bond donors (Lipinski definition) is 1. The number of carbonyl (C=O) groups is 1. The number of piperidine rings is 1. The van der Waals surface area contributed by atoms with E-state index in [4.69, 9.17) is 4.52 Å². The van der Waals surface area contributed by atoms with Crippen LogP contribution in [-0.2, 0) is 14.8 Å². The number of amides is 1. The normalized spacial score (nSPS) is 17.1. The lowest BCUT2D eigenvalue weighted by molar-refractivity contribution is -0.120. The Labute approximate surface area is 204 Å². The van der Waals surface area contributed by atoms with Crippen molar-refractivity contribution in [1.29, 1.82) is 0 Å². The van der Waals surface area contributed by atoms with E-state index in [1.165, 1.54) is 22.5 Å². The Hall–Kier alpha value is -3.30. The fourth-order valence-corrected chi connectivity index (χ4v) is 5.98. The minimum atomic E-state index is -3.98. The largest absolute Gasteiger partial charge is 0.355 e. The van der Waals surface area contributed by atoms with Crippen molar-refractivity contribution in [3.05, 3.63) is 76.4 Å². The van der Waals surface area contributed by atoms with Gasteiger partial charge in [0, 0.05) is 13.1 Å². The maximum absolute atomic E-state index is 14.0. The van der Waals surface area contributed by atoms with Crippen LogP contribution in [0.25, 0.3) is 12.2 Å². The van der Waals surface area contributed by atoms with Crippen LogP contribution in [0, 0.1) is 32.5 Å². The van der Waals surface area contributed by atoms with Crippen LogP contribution >= 0.6 is 0 Å². The van der Waals surface area contributed by atoms with Crippen molar-refractivity contribution in [2.24, 2.45) is 5.92 Å². The van der Waals surface area contributed by atoms with Gasteiger partial charge in [0.05, 0.1) is 11.6 Å².